The summed E-state index contributed by atoms with van der Waals surface area (Å²) in [5.41, 5.74) is 2.20. The molecule has 0 heterocycles. The molecular formula is C21H21NO4. The van der Waals surface area contributed by atoms with Crippen molar-refractivity contribution >= 4 is 17.7 Å². The van der Waals surface area contributed by atoms with Gasteiger partial charge in [-0.1, -0.05) is 56.0 Å². The molecule has 5 nitrogen and oxygen atoms in total. The smallest absolute Gasteiger partial charge is 0.411 e. The molecule has 0 radical (unpaired) electrons. The van der Waals surface area contributed by atoms with Crippen molar-refractivity contribution in [2.24, 2.45) is 5.92 Å². The SMILES string of the molecule is COC(=O)c1ccc(C#CC(C)C)c(NC(=O)OCc2ccccc2)c1. The topological polar surface area (TPSA) is 64.6 Å². The number of hydrogen-bond donors (Lipinski definition) is 1. The van der Waals surface area contributed by atoms with Crippen LogP contribution in [0.15, 0.2) is 48.5 Å². The Bertz CT molecular complexity index is 832. The van der Waals surface area contributed by atoms with E-state index in [4.69, 9.17) is 9.47 Å². The molecule has 0 atom stereocenters. The molecule has 0 aliphatic carbocycles. The van der Waals surface area contributed by atoms with Crippen molar-refractivity contribution in [2.75, 3.05) is 12.4 Å². The van der Waals surface area contributed by atoms with E-state index in [2.05, 4.69) is 17.2 Å². The van der Waals surface area contributed by atoms with E-state index in [1.165, 1.54) is 13.2 Å². The summed E-state index contributed by atoms with van der Waals surface area (Å²) in [5.74, 6) is 5.72. The van der Waals surface area contributed by atoms with Crippen molar-refractivity contribution in [3.05, 3.63) is 65.2 Å². The summed E-state index contributed by atoms with van der Waals surface area (Å²) in [6, 6.07) is 14.2. The molecule has 1 N–H and O–H groups in total. The molecule has 5 heteroatoms. The quantitative estimate of drug-likeness (QED) is 0.661. The molecule has 0 saturated carbocycles. The lowest BCUT2D eigenvalue weighted by Gasteiger charge is -2.10. The summed E-state index contributed by atoms with van der Waals surface area (Å²) < 4.78 is 9.95. The summed E-state index contributed by atoms with van der Waals surface area (Å²) in [7, 11) is 1.30. The van der Waals surface area contributed by atoms with Crippen molar-refractivity contribution in [1.29, 1.82) is 0 Å². The highest BCUT2D eigenvalue weighted by atomic mass is 16.5. The fourth-order valence-electron chi connectivity index (χ4n) is 2.09. The van der Waals surface area contributed by atoms with Gasteiger partial charge in [-0.2, -0.15) is 0 Å². The molecule has 0 fully saturated rings. The van der Waals surface area contributed by atoms with Crippen LogP contribution in [0.3, 0.4) is 0 Å². The third-order valence-corrected chi connectivity index (χ3v) is 3.39. The molecule has 0 unspecified atom stereocenters. The fraction of sp³-hybridized carbons (Fsp3) is 0.238. The van der Waals surface area contributed by atoms with Gasteiger partial charge in [0, 0.05) is 11.5 Å². The lowest BCUT2D eigenvalue weighted by molar-refractivity contribution is 0.0600. The molecule has 0 aromatic heterocycles. The van der Waals surface area contributed by atoms with Crippen LogP contribution in [-0.2, 0) is 16.1 Å². The number of amides is 1. The van der Waals surface area contributed by atoms with Gasteiger partial charge < -0.3 is 9.47 Å². The molecule has 134 valence electrons. The highest BCUT2D eigenvalue weighted by molar-refractivity contribution is 5.93. The van der Waals surface area contributed by atoms with Gasteiger partial charge >= 0.3 is 12.1 Å². The van der Waals surface area contributed by atoms with E-state index in [9.17, 15) is 9.59 Å². The minimum atomic E-state index is -0.622. The van der Waals surface area contributed by atoms with Crippen LogP contribution in [0.2, 0.25) is 0 Å². The molecule has 0 aliphatic rings. The second-order valence-corrected chi connectivity index (χ2v) is 5.86. The first kappa shape index (κ1) is 19.1. The molecule has 0 saturated heterocycles. The number of rotatable bonds is 4. The fourth-order valence-corrected chi connectivity index (χ4v) is 2.09. The summed E-state index contributed by atoms with van der Waals surface area (Å²) in [4.78, 5) is 23.9. The van der Waals surface area contributed by atoms with Crippen LogP contribution in [0, 0.1) is 17.8 Å². The highest BCUT2D eigenvalue weighted by Gasteiger charge is 2.12. The Kier molecular flexibility index (Phi) is 6.81. The lowest BCUT2D eigenvalue weighted by Crippen LogP contribution is -2.15. The second kappa shape index (κ2) is 9.28. The zero-order valence-electron chi connectivity index (χ0n) is 15.0. The second-order valence-electron chi connectivity index (χ2n) is 5.86. The summed E-state index contributed by atoms with van der Waals surface area (Å²) in [6.45, 7) is 4.09. The van der Waals surface area contributed by atoms with Gasteiger partial charge in [0.1, 0.15) is 6.61 Å². The monoisotopic (exact) mass is 351 g/mol. The first-order chi connectivity index (χ1) is 12.5. The van der Waals surface area contributed by atoms with Crippen molar-refractivity contribution in [2.45, 2.75) is 20.5 Å². The number of nitrogens with one attached hydrogen (secondary N) is 1. The van der Waals surface area contributed by atoms with Gasteiger partial charge in [0.25, 0.3) is 0 Å². The van der Waals surface area contributed by atoms with Gasteiger partial charge in [-0.3, -0.25) is 5.32 Å². The maximum absolute atomic E-state index is 12.1. The van der Waals surface area contributed by atoms with Gasteiger partial charge in [-0.25, -0.2) is 9.59 Å². The predicted octanol–water partition coefficient (Wildman–Crippen LogP) is 4.23. The summed E-state index contributed by atoms with van der Waals surface area (Å²) >= 11 is 0. The molecule has 2 aromatic carbocycles. The van der Waals surface area contributed by atoms with Crippen molar-refractivity contribution < 1.29 is 19.1 Å². The minimum Gasteiger partial charge on any atom is -0.465 e. The normalized spacial score (nSPS) is 9.85. The summed E-state index contributed by atoms with van der Waals surface area (Å²) in [6.07, 6.45) is -0.622. The largest absolute Gasteiger partial charge is 0.465 e. The molecule has 0 spiro atoms. The number of esters is 1. The Hall–Kier alpha value is -3.26. The van der Waals surface area contributed by atoms with E-state index < -0.39 is 12.1 Å². The average molecular weight is 351 g/mol. The molecule has 1 amide bonds. The van der Waals surface area contributed by atoms with Crippen LogP contribution >= 0.6 is 0 Å². The van der Waals surface area contributed by atoms with Gasteiger partial charge in [0.2, 0.25) is 0 Å². The van der Waals surface area contributed by atoms with Crippen LogP contribution in [-0.4, -0.2) is 19.2 Å². The Morgan fingerprint density at radius 3 is 2.50 bits per heavy atom. The van der Waals surface area contributed by atoms with Gasteiger partial charge in [-0.15, -0.1) is 0 Å². The molecular weight excluding hydrogens is 330 g/mol. The van der Waals surface area contributed by atoms with Crippen LogP contribution in [0.4, 0.5) is 10.5 Å². The molecule has 2 rings (SSSR count). The van der Waals surface area contributed by atoms with Gasteiger partial charge in [0.15, 0.2) is 0 Å². The number of carbonyl (C=O) groups is 2. The van der Waals surface area contributed by atoms with E-state index >= 15 is 0 Å². The van der Waals surface area contributed by atoms with E-state index in [1.54, 1.807) is 12.1 Å². The third-order valence-electron chi connectivity index (χ3n) is 3.39. The predicted molar refractivity (Wildman–Crippen MR) is 99.7 cm³/mol. The molecule has 0 aliphatic heterocycles. The Labute approximate surface area is 153 Å². The standard InChI is InChI=1S/C21H21NO4/c1-15(2)9-10-17-11-12-18(20(23)25-3)13-19(17)22-21(24)26-14-16-7-5-4-6-8-16/h4-8,11-13,15H,14H2,1-3H3,(H,22,24). The maximum atomic E-state index is 12.1. The Balaban J connectivity index is 2.17. The highest BCUT2D eigenvalue weighted by Crippen LogP contribution is 2.19. The van der Waals surface area contributed by atoms with E-state index in [0.717, 1.165) is 5.56 Å². The first-order valence-electron chi connectivity index (χ1n) is 8.21. The van der Waals surface area contributed by atoms with E-state index in [-0.39, 0.29) is 12.5 Å². The van der Waals surface area contributed by atoms with Crippen LogP contribution in [0.5, 0.6) is 0 Å². The van der Waals surface area contributed by atoms with Crippen molar-refractivity contribution in [1.82, 2.24) is 0 Å². The number of methoxy groups -OCH3 is 1. The molecule has 0 bridgehead atoms. The van der Waals surface area contributed by atoms with Crippen LogP contribution < -0.4 is 5.32 Å². The number of hydrogen-bond acceptors (Lipinski definition) is 4. The Morgan fingerprint density at radius 1 is 1.12 bits per heavy atom. The Morgan fingerprint density at radius 2 is 1.85 bits per heavy atom. The molecule has 2 aromatic rings. The number of anilines is 1. The minimum absolute atomic E-state index is 0.149. The van der Waals surface area contributed by atoms with Crippen molar-refractivity contribution in [3.63, 3.8) is 0 Å². The van der Waals surface area contributed by atoms with Gasteiger partial charge in [-0.05, 0) is 23.8 Å². The van der Waals surface area contributed by atoms with Gasteiger partial charge in [0.05, 0.1) is 18.4 Å². The molecule has 26 heavy (non-hydrogen) atoms. The third kappa shape index (κ3) is 5.67. The number of ether oxygens (including phenoxy) is 2. The average Bonchev–Trinajstić information content (AvgIpc) is 2.65. The van der Waals surface area contributed by atoms with Crippen molar-refractivity contribution in [3.8, 4) is 11.8 Å². The lowest BCUT2D eigenvalue weighted by atomic mass is 10.1. The first-order valence-corrected chi connectivity index (χ1v) is 8.21. The van der Waals surface area contributed by atoms with Crippen LogP contribution in [0.1, 0.15) is 35.3 Å². The number of benzene rings is 2. The summed E-state index contributed by atoms with van der Waals surface area (Å²) in [5, 5.41) is 2.65. The maximum Gasteiger partial charge on any atom is 0.411 e. The van der Waals surface area contributed by atoms with Crippen LogP contribution in [0.25, 0.3) is 0 Å². The zero-order chi connectivity index (χ0) is 18.9. The zero-order valence-corrected chi connectivity index (χ0v) is 15.0. The van der Waals surface area contributed by atoms with E-state index in [0.29, 0.717) is 16.8 Å². The van der Waals surface area contributed by atoms with E-state index in [1.807, 2.05) is 44.2 Å². The number of carbonyl (C=O) groups excluding carboxylic acids is 2.